The van der Waals surface area contributed by atoms with Gasteiger partial charge in [0.25, 0.3) is 0 Å². The predicted molar refractivity (Wildman–Crippen MR) is 207 cm³/mol. The first kappa shape index (κ1) is 42.3. The molecule has 1 aromatic heterocycles. The maximum Gasteiger partial charge on any atom is 0.246 e. The number of rotatable bonds is 17. The lowest BCUT2D eigenvalue weighted by atomic mass is 9.85. The number of hydrogen-bond donors (Lipinski definition) is 5. The number of nitrogens with zero attached hydrogens (tertiary/aromatic N) is 2. The van der Waals surface area contributed by atoms with E-state index in [2.05, 4.69) is 15.6 Å². The van der Waals surface area contributed by atoms with Crippen LogP contribution < -0.4 is 26.8 Å². The number of carbonyl (C=O) groups excluding carboxylic acids is 4. The number of aryl methyl sites for hydroxylation is 3. The van der Waals surface area contributed by atoms with Crippen molar-refractivity contribution in [3.05, 3.63) is 70.1 Å². The molecule has 0 aliphatic carbocycles. The number of nitrogens with two attached hydrogens (primary N) is 2. The number of aromatic nitrogens is 1. The quantitative estimate of drug-likeness (QED) is 0.123. The van der Waals surface area contributed by atoms with Gasteiger partial charge < -0.3 is 36.8 Å². The lowest BCUT2D eigenvalue weighted by Gasteiger charge is -2.35. The maximum atomic E-state index is 15.3. The number of ether oxygens (including phenoxy) is 1. The van der Waals surface area contributed by atoms with E-state index in [0.29, 0.717) is 31.2 Å². The van der Waals surface area contributed by atoms with Crippen LogP contribution in [0.5, 0.6) is 5.75 Å². The van der Waals surface area contributed by atoms with E-state index in [1.807, 2.05) is 71.3 Å². The Hall–Kier alpha value is -4.40. The normalized spacial score (nSPS) is 17.5. The fourth-order valence-electron chi connectivity index (χ4n) is 6.55. The molecule has 294 valence electrons. The first-order valence-corrected chi connectivity index (χ1v) is 19.4. The Morgan fingerprint density at radius 2 is 1.80 bits per heavy atom. The number of unbranched alkanes of at least 4 members (excludes halogenated alkanes) is 1. The number of nitrogens with one attached hydrogen (secondary N) is 2. The highest BCUT2D eigenvalue weighted by molar-refractivity contribution is 7.13. The number of aliphatic hydroxyl groups excluding tert-OH is 1. The van der Waals surface area contributed by atoms with Crippen LogP contribution >= 0.6 is 11.3 Å². The number of aliphatic hydroxyl groups is 1. The molecule has 0 unspecified atom stereocenters. The molecule has 2 aromatic carbocycles. The Bertz CT molecular complexity index is 1780. The summed E-state index contributed by atoms with van der Waals surface area (Å²) in [5.41, 5.74) is 16.4. The molecule has 3 aromatic rings. The molecule has 0 saturated carbocycles. The predicted octanol–water partition coefficient (Wildman–Crippen LogP) is 4.62. The Balaban J connectivity index is 1.32. The monoisotopic (exact) mass is 766 g/mol. The van der Waals surface area contributed by atoms with Crippen molar-refractivity contribution in [3.63, 3.8) is 0 Å². The van der Waals surface area contributed by atoms with Gasteiger partial charge in [-0.2, -0.15) is 0 Å². The third-order valence-electron chi connectivity index (χ3n) is 9.63. The molecular formula is C40H55FN6O6S. The van der Waals surface area contributed by atoms with E-state index < -0.39 is 47.3 Å². The third kappa shape index (κ3) is 11.6. The van der Waals surface area contributed by atoms with Crippen molar-refractivity contribution in [2.24, 2.45) is 16.9 Å². The molecule has 14 heteroatoms. The number of likely N-dealkylation sites (tertiary alicyclic amines) is 1. The molecule has 12 nitrogen and oxygen atoms in total. The molecule has 4 amide bonds. The Kier molecular flexibility index (Phi) is 14.7. The van der Waals surface area contributed by atoms with Crippen molar-refractivity contribution in [2.75, 3.05) is 13.2 Å². The van der Waals surface area contributed by atoms with Crippen molar-refractivity contribution in [1.82, 2.24) is 20.5 Å². The van der Waals surface area contributed by atoms with Crippen LogP contribution in [-0.2, 0) is 25.6 Å². The number of halogens is 1. The fraction of sp³-hybridized carbons (Fsp3) is 0.525. The maximum absolute atomic E-state index is 15.3. The molecule has 1 fully saturated rings. The molecule has 1 aliphatic rings. The number of β-amino-alcohol motifs (C(OH)–C–C–N with tert-alkyl or cyclic N) is 1. The largest absolute Gasteiger partial charge is 0.489 e. The number of hydrogen-bond acceptors (Lipinski definition) is 9. The Labute approximate surface area is 321 Å². The van der Waals surface area contributed by atoms with Gasteiger partial charge in [-0.1, -0.05) is 51.1 Å². The molecule has 0 bridgehead atoms. The number of benzene rings is 2. The van der Waals surface area contributed by atoms with Gasteiger partial charge in [0.2, 0.25) is 23.6 Å². The summed E-state index contributed by atoms with van der Waals surface area (Å²) >= 11 is 1.57. The van der Waals surface area contributed by atoms with Crippen LogP contribution in [0.25, 0.3) is 10.4 Å². The van der Waals surface area contributed by atoms with Crippen molar-refractivity contribution in [2.45, 2.75) is 117 Å². The van der Waals surface area contributed by atoms with Crippen molar-refractivity contribution < 1.29 is 33.4 Å². The average molecular weight is 767 g/mol. The van der Waals surface area contributed by atoms with Gasteiger partial charge >= 0.3 is 0 Å². The van der Waals surface area contributed by atoms with E-state index in [9.17, 15) is 24.3 Å². The fourth-order valence-corrected chi connectivity index (χ4v) is 7.36. The summed E-state index contributed by atoms with van der Waals surface area (Å²) in [6.45, 7) is 11.2. The van der Waals surface area contributed by atoms with E-state index >= 15 is 4.39 Å². The Morgan fingerprint density at radius 3 is 2.43 bits per heavy atom. The molecule has 2 heterocycles. The van der Waals surface area contributed by atoms with E-state index in [0.717, 1.165) is 27.3 Å². The van der Waals surface area contributed by atoms with Gasteiger partial charge in [-0.3, -0.25) is 19.2 Å². The van der Waals surface area contributed by atoms with Gasteiger partial charge in [0, 0.05) is 31.8 Å². The molecule has 54 heavy (non-hydrogen) atoms. The van der Waals surface area contributed by atoms with Crippen LogP contribution in [0.2, 0.25) is 0 Å². The van der Waals surface area contributed by atoms with Gasteiger partial charge in [-0.25, -0.2) is 9.37 Å². The van der Waals surface area contributed by atoms with Gasteiger partial charge in [-0.15, -0.1) is 11.3 Å². The second kappa shape index (κ2) is 18.8. The molecule has 1 aliphatic heterocycles. The highest BCUT2D eigenvalue weighted by Gasteiger charge is 2.44. The van der Waals surface area contributed by atoms with Crippen LogP contribution in [0.1, 0.15) is 94.6 Å². The van der Waals surface area contributed by atoms with Gasteiger partial charge in [0.1, 0.15) is 18.7 Å². The summed E-state index contributed by atoms with van der Waals surface area (Å²) in [5, 5.41) is 16.5. The SMILES string of the molecule is Cc1cc(CCCCC(=O)N[C@H](C(=O)N2C[C@H](O)C[C@H]2C(=O)N[C@@H](C)c2ccc(-c3scnc3C)cc2)C(C)(C)C)c(F)c(OC[C@@H](N)CCC(N)=O)c1. The molecule has 0 radical (unpaired) electrons. The minimum absolute atomic E-state index is 0.0241. The zero-order chi connectivity index (χ0) is 39.7. The second-order valence-electron chi connectivity index (χ2n) is 15.4. The van der Waals surface area contributed by atoms with Crippen LogP contribution in [0.4, 0.5) is 4.39 Å². The summed E-state index contributed by atoms with van der Waals surface area (Å²) < 4.78 is 20.9. The van der Waals surface area contributed by atoms with Crippen molar-refractivity contribution in [1.29, 1.82) is 0 Å². The highest BCUT2D eigenvalue weighted by atomic mass is 32.1. The van der Waals surface area contributed by atoms with Crippen molar-refractivity contribution in [3.8, 4) is 16.2 Å². The summed E-state index contributed by atoms with van der Waals surface area (Å²) in [6.07, 6.45) is 1.07. The second-order valence-corrected chi connectivity index (χ2v) is 16.3. The molecular weight excluding hydrogens is 712 g/mol. The van der Waals surface area contributed by atoms with Crippen LogP contribution in [-0.4, -0.2) is 76.0 Å². The topological polar surface area (TPSA) is 190 Å². The van der Waals surface area contributed by atoms with E-state index in [-0.39, 0.29) is 56.0 Å². The summed E-state index contributed by atoms with van der Waals surface area (Å²) in [4.78, 5) is 58.6. The van der Waals surface area contributed by atoms with E-state index in [1.165, 1.54) is 4.90 Å². The molecule has 4 rings (SSSR count). The molecule has 1 saturated heterocycles. The zero-order valence-corrected chi connectivity index (χ0v) is 32.9. The number of thiazole rings is 1. The number of primary amides is 1. The minimum atomic E-state index is -0.950. The molecule has 0 spiro atoms. The lowest BCUT2D eigenvalue weighted by molar-refractivity contribution is -0.144. The van der Waals surface area contributed by atoms with Crippen LogP contribution in [0, 0.1) is 25.1 Å². The van der Waals surface area contributed by atoms with Gasteiger partial charge in [-0.05, 0) is 80.2 Å². The lowest BCUT2D eigenvalue weighted by Crippen LogP contribution is -2.57. The smallest absolute Gasteiger partial charge is 0.246 e. The van der Waals surface area contributed by atoms with Crippen molar-refractivity contribution >= 4 is 35.0 Å². The zero-order valence-electron chi connectivity index (χ0n) is 32.1. The Morgan fingerprint density at radius 1 is 1.09 bits per heavy atom. The number of carbonyl (C=O) groups is 4. The van der Waals surface area contributed by atoms with Crippen LogP contribution in [0.3, 0.4) is 0 Å². The van der Waals surface area contributed by atoms with E-state index in [4.69, 9.17) is 16.2 Å². The highest BCUT2D eigenvalue weighted by Crippen LogP contribution is 2.30. The average Bonchev–Trinajstić information content (AvgIpc) is 3.73. The third-order valence-corrected chi connectivity index (χ3v) is 10.6. The first-order chi connectivity index (χ1) is 25.4. The standard InChI is InChI=1S/C40H55FN6O6S/c1-23-17-28(35(41)32(18-23)53-21-29(42)15-16-33(43)49)9-7-8-10-34(50)46-37(40(4,5)6)39(52)47-20-30(48)19-31(47)38(51)45-24(2)26-11-13-27(14-12-26)36-25(3)44-22-54-36/h11-14,17-18,22,24,29-31,37,48H,7-10,15-16,19-21,42H2,1-6H3,(H2,43,49)(H,45,51)(H,46,50)/t24-,29-,30+,31-,37+/m0/s1. The minimum Gasteiger partial charge on any atom is -0.489 e. The van der Waals surface area contributed by atoms with Crippen LogP contribution in [0.15, 0.2) is 41.9 Å². The molecule has 7 N–H and O–H groups in total. The van der Waals surface area contributed by atoms with E-state index in [1.54, 1.807) is 23.5 Å². The molecule has 5 atom stereocenters. The number of amides is 4. The summed E-state index contributed by atoms with van der Waals surface area (Å²) in [7, 11) is 0. The van der Waals surface area contributed by atoms with Gasteiger partial charge in [0.05, 0.1) is 28.2 Å². The summed E-state index contributed by atoms with van der Waals surface area (Å²) in [6, 6.07) is 8.54. The van der Waals surface area contributed by atoms with Gasteiger partial charge in [0.15, 0.2) is 11.6 Å². The first-order valence-electron chi connectivity index (χ1n) is 18.5. The summed E-state index contributed by atoms with van der Waals surface area (Å²) in [5.74, 6) is -2.03.